The summed E-state index contributed by atoms with van der Waals surface area (Å²) < 4.78 is 46.2. The number of amides is 2. The molecule has 2 amide bonds. The van der Waals surface area contributed by atoms with Gasteiger partial charge in [-0.05, 0) is 55.9 Å². The molecule has 4 aromatic rings. The zero-order chi connectivity index (χ0) is 38.0. The largest absolute Gasteiger partial charge is 0.391 e. The zero-order valence-corrected chi connectivity index (χ0v) is 32.2. The highest BCUT2D eigenvalue weighted by Crippen LogP contribution is 2.32. The molecular weight excluding hydrogens is 721 g/mol. The molecule has 3 atom stereocenters. The number of aliphatic hydroxyl groups excluding tert-OH is 1. The van der Waals surface area contributed by atoms with E-state index >= 15 is 0 Å². The Morgan fingerprint density at radius 2 is 1.72 bits per heavy atom. The summed E-state index contributed by atoms with van der Waals surface area (Å²) in [7, 11) is -3.83. The minimum absolute atomic E-state index is 0.0602. The van der Waals surface area contributed by atoms with E-state index in [2.05, 4.69) is 15.5 Å². The van der Waals surface area contributed by atoms with Crippen molar-refractivity contribution < 1.29 is 41.3 Å². The number of hydrogen-bond donors (Lipinski definition) is 2. The molecule has 286 valence electrons. The Bertz CT molecular complexity index is 1890. The summed E-state index contributed by atoms with van der Waals surface area (Å²) in [5.74, 6) is -1.02. The van der Waals surface area contributed by atoms with Crippen LogP contribution in [0.1, 0.15) is 60.9 Å². The lowest BCUT2D eigenvalue weighted by Gasteiger charge is -2.28. The Hall–Kier alpha value is -3.99. The number of hydrogen-bond acceptors (Lipinski definition) is 12. The molecule has 0 aliphatic carbocycles. The Balaban J connectivity index is 1.03. The first-order chi connectivity index (χ1) is 25.4. The number of carbonyl (C=O) groups excluding carboxylic acids is 2. The number of aliphatic hydroxyl groups is 1. The lowest BCUT2D eigenvalue weighted by molar-refractivity contribution is -0.141. The molecule has 0 bridgehead atoms. The molecule has 5 rings (SSSR count). The molecule has 2 aromatic carbocycles. The average molecular weight is 769 g/mol. The normalized spacial score (nSPS) is 16.7. The number of benzene rings is 2. The molecule has 0 spiro atoms. The van der Waals surface area contributed by atoms with Crippen molar-refractivity contribution in [2.75, 3.05) is 39.6 Å². The maximum Gasteiger partial charge on any atom is 0.297 e. The summed E-state index contributed by atoms with van der Waals surface area (Å²) in [6.45, 7) is 9.09. The van der Waals surface area contributed by atoms with Gasteiger partial charge in [-0.15, -0.1) is 11.3 Å². The highest BCUT2D eigenvalue weighted by atomic mass is 32.2. The van der Waals surface area contributed by atoms with Crippen molar-refractivity contribution in [1.29, 1.82) is 0 Å². The summed E-state index contributed by atoms with van der Waals surface area (Å²) in [6.07, 6.45) is 0.557. The fraction of sp³-hybridized carbons (Fsp3) is 0.474. The number of aryl methyl sites for hydroxylation is 3. The molecule has 53 heavy (non-hydrogen) atoms. The smallest absolute Gasteiger partial charge is 0.297 e. The molecule has 15 heteroatoms. The van der Waals surface area contributed by atoms with Gasteiger partial charge in [-0.25, -0.2) is 4.98 Å². The second-order valence-corrected chi connectivity index (χ2v) is 15.9. The summed E-state index contributed by atoms with van der Waals surface area (Å²) in [4.78, 5) is 34.3. The third kappa shape index (κ3) is 11.0. The van der Waals surface area contributed by atoms with E-state index in [1.54, 1.807) is 29.5 Å². The second kappa shape index (κ2) is 18.9. The highest BCUT2D eigenvalue weighted by molar-refractivity contribution is 7.86. The van der Waals surface area contributed by atoms with E-state index in [1.165, 1.54) is 17.0 Å². The average Bonchev–Trinajstić information content (AvgIpc) is 3.88. The number of thiazole rings is 1. The van der Waals surface area contributed by atoms with E-state index in [4.69, 9.17) is 18.2 Å². The minimum atomic E-state index is -3.83. The molecule has 2 N–H and O–H groups in total. The molecule has 1 saturated heterocycles. The van der Waals surface area contributed by atoms with Crippen molar-refractivity contribution in [3.05, 3.63) is 88.4 Å². The van der Waals surface area contributed by atoms with Gasteiger partial charge in [-0.2, -0.15) is 8.42 Å². The zero-order valence-electron chi connectivity index (χ0n) is 30.5. The van der Waals surface area contributed by atoms with Crippen molar-refractivity contribution in [2.45, 2.75) is 76.5 Å². The quantitative estimate of drug-likeness (QED) is 0.0992. The lowest BCUT2D eigenvalue weighted by Crippen LogP contribution is -2.48. The number of carbonyl (C=O) groups is 2. The van der Waals surface area contributed by atoms with Crippen LogP contribution >= 0.6 is 11.3 Å². The number of rotatable bonds is 19. The Labute approximate surface area is 314 Å². The first-order valence-corrected chi connectivity index (χ1v) is 20.0. The molecule has 0 radical (unpaired) electrons. The van der Waals surface area contributed by atoms with E-state index < -0.39 is 28.2 Å². The lowest BCUT2D eigenvalue weighted by atomic mass is 9.91. The molecule has 1 unspecified atom stereocenters. The van der Waals surface area contributed by atoms with Crippen LogP contribution in [-0.4, -0.2) is 92.1 Å². The Kier molecular flexibility index (Phi) is 14.3. The van der Waals surface area contributed by atoms with Gasteiger partial charge in [0.25, 0.3) is 10.1 Å². The van der Waals surface area contributed by atoms with Crippen LogP contribution in [0, 0.1) is 19.8 Å². The van der Waals surface area contributed by atoms with E-state index in [0.29, 0.717) is 44.1 Å². The Morgan fingerprint density at radius 3 is 2.40 bits per heavy atom. The SMILES string of the molecule is Cc1ccc(S(=O)(=O)OCCOCCOCCCc2cc(C(C(=O)N3C[C@H](O)C[C@H]3C(=O)NCc3ccc(-c4scnc4C)cc3)C(C)C)on2)cc1. The van der Waals surface area contributed by atoms with Crippen LogP contribution in [0.2, 0.25) is 0 Å². The molecule has 1 fully saturated rings. The summed E-state index contributed by atoms with van der Waals surface area (Å²) in [5, 5.41) is 17.6. The van der Waals surface area contributed by atoms with Crippen molar-refractivity contribution in [3.8, 4) is 10.4 Å². The van der Waals surface area contributed by atoms with Gasteiger partial charge in [-0.3, -0.25) is 13.8 Å². The van der Waals surface area contributed by atoms with E-state index in [0.717, 1.165) is 27.3 Å². The third-order valence-electron chi connectivity index (χ3n) is 8.98. The standard InChI is InChI=1S/C38H48N4O9S2/c1-25(2)35(34-20-30(41-51-34)6-5-15-48-16-17-49-18-19-50-53(46,47)32-13-7-26(3)8-14-32)38(45)42-23-31(43)21-33(42)37(44)39-22-28-9-11-29(12-10-28)36-27(4)40-24-52-36/h7-14,20,24-25,31,33,35,43H,5-6,15-19,21-23H2,1-4H3,(H,39,44)/t31-,33+,35?/m1/s1. The fourth-order valence-corrected chi connectivity index (χ4v) is 7.83. The van der Waals surface area contributed by atoms with Crippen molar-refractivity contribution in [1.82, 2.24) is 20.4 Å². The number of ether oxygens (including phenoxy) is 2. The van der Waals surface area contributed by atoms with Gasteiger partial charge in [-0.1, -0.05) is 61.0 Å². The van der Waals surface area contributed by atoms with Crippen LogP contribution < -0.4 is 5.32 Å². The second-order valence-electron chi connectivity index (χ2n) is 13.4. The molecule has 3 heterocycles. The van der Waals surface area contributed by atoms with Gasteiger partial charge in [0.1, 0.15) is 17.7 Å². The first kappa shape index (κ1) is 40.2. The Morgan fingerprint density at radius 1 is 1.02 bits per heavy atom. The monoisotopic (exact) mass is 768 g/mol. The van der Waals surface area contributed by atoms with Gasteiger partial charge in [0.15, 0.2) is 0 Å². The number of nitrogens with one attached hydrogen (secondary N) is 1. The van der Waals surface area contributed by atoms with Crippen LogP contribution in [0.4, 0.5) is 0 Å². The van der Waals surface area contributed by atoms with Crippen LogP contribution in [-0.2, 0) is 46.3 Å². The molecule has 13 nitrogen and oxygen atoms in total. The van der Waals surface area contributed by atoms with Gasteiger partial charge < -0.3 is 29.3 Å². The van der Waals surface area contributed by atoms with Gasteiger partial charge in [0, 0.05) is 32.2 Å². The van der Waals surface area contributed by atoms with Crippen LogP contribution in [0.15, 0.2) is 69.5 Å². The number of likely N-dealkylation sites (tertiary alicyclic amines) is 1. The van der Waals surface area contributed by atoms with Crippen LogP contribution in [0.5, 0.6) is 0 Å². The summed E-state index contributed by atoms with van der Waals surface area (Å²) in [6, 6.07) is 15.3. The molecule has 2 aromatic heterocycles. The summed E-state index contributed by atoms with van der Waals surface area (Å²) in [5.41, 5.74) is 6.42. The number of β-amino-alcohol motifs (C(OH)–C–C–N with tert-alkyl or cyclic N) is 1. The van der Waals surface area contributed by atoms with Gasteiger partial charge >= 0.3 is 0 Å². The molecule has 0 saturated carbocycles. The van der Waals surface area contributed by atoms with E-state index in [1.807, 2.05) is 57.5 Å². The number of nitrogens with zero attached hydrogens (tertiary/aromatic N) is 3. The number of aromatic nitrogens is 2. The van der Waals surface area contributed by atoms with Crippen molar-refractivity contribution >= 4 is 33.3 Å². The van der Waals surface area contributed by atoms with E-state index in [-0.39, 0.29) is 55.4 Å². The van der Waals surface area contributed by atoms with Gasteiger partial charge in [0.2, 0.25) is 11.8 Å². The maximum atomic E-state index is 13.9. The molecule has 1 aliphatic rings. The van der Waals surface area contributed by atoms with Gasteiger partial charge in [0.05, 0.1) is 59.2 Å². The van der Waals surface area contributed by atoms with Crippen LogP contribution in [0.3, 0.4) is 0 Å². The minimum Gasteiger partial charge on any atom is -0.391 e. The fourth-order valence-electron chi connectivity index (χ4n) is 6.13. The van der Waals surface area contributed by atoms with Crippen molar-refractivity contribution in [3.63, 3.8) is 0 Å². The van der Waals surface area contributed by atoms with Crippen LogP contribution in [0.25, 0.3) is 10.4 Å². The van der Waals surface area contributed by atoms with E-state index in [9.17, 15) is 23.1 Å². The predicted molar refractivity (Wildman–Crippen MR) is 199 cm³/mol. The molecular formula is C38H48N4O9S2. The molecule has 1 aliphatic heterocycles. The summed E-state index contributed by atoms with van der Waals surface area (Å²) >= 11 is 1.58. The van der Waals surface area contributed by atoms with Crippen molar-refractivity contribution in [2.24, 2.45) is 5.92 Å². The first-order valence-electron chi connectivity index (χ1n) is 17.8. The third-order valence-corrected chi connectivity index (χ3v) is 11.3. The predicted octanol–water partition coefficient (Wildman–Crippen LogP) is 4.80. The topological polar surface area (TPSA) is 170 Å². The maximum absolute atomic E-state index is 13.9. The highest BCUT2D eigenvalue weighted by Gasteiger charge is 2.43.